The molecule has 6 nitrogen and oxygen atoms in total. The Labute approximate surface area is 159 Å². The molecule has 142 valence electrons. The Bertz CT molecular complexity index is 667. The lowest BCUT2D eigenvalue weighted by atomic mass is 9.95. The number of hydrogen-bond acceptors (Lipinski definition) is 4. The van der Waals surface area contributed by atoms with Crippen molar-refractivity contribution in [1.82, 2.24) is 14.7 Å². The van der Waals surface area contributed by atoms with Gasteiger partial charge in [-0.25, -0.2) is 4.79 Å². The number of anilines is 1. The number of amides is 3. The molecule has 3 amide bonds. The maximum atomic E-state index is 12.9. The Morgan fingerprint density at radius 2 is 1.96 bits per heavy atom. The zero-order chi connectivity index (χ0) is 18.7. The predicted molar refractivity (Wildman–Crippen MR) is 106 cm³/mol. The van der Waals surface area contributed by atoms with E-state index in [9.17, 15) is 9.59 Å². The first-order valence-corrected chi connectivity index (χ1v) is 10.3. The lowest BCUT2D eigenvalue weighted by Gasteiger charge is -2.36. The van der Waals surface area contributed by atoms with Gasteiger partial charge in [0.15, 0.2) is 0 Å². The molecule has 3 saturated heterocycles. The molecule has 2 bridgehead atoms. The first-order valence-electron chi connectivity index (χ1n) is 9.11. The number of carbonyl (C=O) groups is 2. The maximum Gasteiger partial charge on any atom is 0.322 e. The number of fused-ring (bicyclic) bond motifs is 4. The van der Waals surface area contributed by atoms with E-state index < -0.39 is 0 Å². The molecule has 0 saturated carbocycles. The summed E-state index contributed by atoms with van der Waals surface area (Å²) in [5, 5.41) is 3.09. The van der Waals surface area contributed by atoms with Gasteiger partial charge in [-0.05, 0) is 37.1 Å². The highest BCUT2D eigenvalue weighted by molar-refractivity contribution is 7.98. The quantitative estimate of drug-likeness (QED) is 0.820. The molecule has 0 radical (unpaired) electrons. The number of urea groups is 1. The summed E-state index contributed by atoms with van der Waals surface area (Å²) in [5.74, 6) is 0.557. The van der Waals surface area contributed by atoms with Gasteiger partial charge in [0, 0.05) is 44.7 Å². The van der Waals surface area contributed by atoms with Gasteiger partial charge in [0.25, 0.3) is 0 Å². The number of benzene rings is 1. The molecular weight excluding hydrogens is 348 g/mol. The molecule has 4 rings (SSSR count). The van der Waals surface area contributed by atoms with Crippen LogP contribution < -0.4 is 5.32 Å². The summed E-state index contributed by atoms with van der Waals surface area (Å²) in [7, 11) is 3.58. The molecule has 26 heavy (non-hydrogen) atoms. The molecule has 1 aromatic rings. The second-order valence-electron chi connectivity index (χ2n) is 7.36. The van der Waals surface area contributed by atoms with Gasteiger partial charge < -0.3 is 15.1 Å². The van der Waals surface area contributed by atoms with E-state index in [4.69, 9.17) is 0 Å². The average Bonchev–Trinajstić information content (AvgIpc) is 2.92. The van der Waals surface area contributed by atoms with E-state index in [1.807, 2.05) is 35.4 Å². The highest BCUT2D eigenvalue weighted by atomic mass is 32.2. The van der Waals surface area contributed by atoms with Gasteiger partial charge in [-0.1, -0.05) is 12.1 Å². The number of rotatable bonds is 4. The summed E-state index contributed by atoms with van der Waals surface area (Å²) in [6.45, 7) is 2.87. The van der Waals surface area contributed by atoms with E-state index in [0.29, 0.717) is 12.5 Å². The van der Waals surface area contributed by atoms with E-state index in [2.05, 4.69) is 10.2 Å². The molecule has 0 aromatic heterocycles. The molecule has 1 N–H and O–H groups in total. The van der Waals surface area contributed by atoms with Crippen LogP contribution in [-0.4, -0.2) is 79.2 Å². The largest absolute Gasteiger partial charge is 0.348 e. The van der Waals surface area contributed by atoms with Gasteiger partial charge in [-0.2, -0.15) is 0 Å². The molecular formula is C19H28N4O2S. The third-order valence-electron chi connectivity index (χ3n) is 5.26. The minimum Gasteiger partial charge on any atom is -0.348 e. The van der Waals surface area contributed by atoms with Crippen LogP contribution in [0.25, 0.3) is 0 Å². The van der Waals surface area contributed by atoms with E-state index in [1.54, 1.807) is 30.8 Å². The van der Waals surface area contributed by atoms with Crippen LogP contribution in [0.2, 0.25) is 0 Å². The summed E-state index contributed by atoms with van der Waals surface area (Å²) in [6, 6.07) is 8.03. The molecule has 2 atom stereocenters. The molecule has 3 heterocycles. The number of likely N-dealkylation sites (N-methyl/N-ethyl adjacent to an activating group) is 1. The summed E-state index contributed by atoms with van der Waals surface area (Å²) >= 11 is 1.63. The Hall–Kier alpha value is -1.73. The van der Waals surface area contributed by atoms with Gasteiger partial charge in [0.1, 0.15) is 0 Å². The topological polar surface area (TPSA) is 55.9 Å². The average molecular weight is 377 g/mol. The van der Waals surface area contributed by atoms with Gasteiger partial charge in [-0.3, -0.25) is 9.69 Å². The van der Waals surface area contributed by atoms with E-state index >= 15 is 0 Å². The van der Waals surface area contributed by atoms with Crippen LogP contribution in [-0.2, 0) is 4.79 Å². The summed E-state index contributed by atoms with van der Waals surface area (Å²) in [5.41, 5.74) is 0.866. The highest BCUT2D eigenvalue weighted by Crippen LogP contribution is 2.30. The van der Waals surface area contributed by atoms with Crippen molar-refractivity contribution >= 4 is 29.4 Å². The normalized spacial score (nSPS) is 22.8. The molecule has 3 aliphatic heterocycles. The smallest absolute Gasteiger partial charge is 0.322 e. The zero-order valence-corrected chi connectivity index (χ0v) is 16.6. The lowest BCUT2D eigenvalue weighted by molar-refractivity contribution is -0.129. The molecule has 1 aromatic carbocycles. The second-order valence-corrected chi connectivity index (χ2v) is 8.21. The zero-order valence-electron chi connectivity index (χ0n) is 15.8. The van der Waals surface area contributed by atoms with Crippen LogP contribution in [0.5, 0.6) is 0 Å². The van der Waals surface area contributed by atoms with E-state index in [-0.39, 0.29) is 18.0 Å². The van der Waals surface area contributed by atoms with Crippen molar-refractivity contribution in [2.75, 3.05) is 51.8 Å². The van der Waals surface area contributed by atoms with Gasteiger partial charge in [-0.15, -0.1) is 11.8 Å². The van der Waals surface area contributed by atoms with Crippen molar-refractivity contribution in [2.45, 2.75) is 23.8 Å². The Morgan fingerprint density at radius 1 is 1.19 bits per heavy atom. The minimum absolute atomic E-state index is 0.0259. The predicted octanol–water partition coefficient (Wildman–Crippen LogP) is 2.42. The van der Waals surface area contributed by atoms with E-state index in [0.717, 1.165) is 43.1 Å². The molecule has 0 spiro atoms. The third-order valence-corrected chi connectivity index (χ3v) is 6.05. The van der Waals surface area contributed by atoms with Crippen LogP contribution in [0.1, 0.15) is 12.8 Å². The van der Waals surface area contributed by atoms with Crippen molar-refractivity contribution in [3.63, 3.8) is 0 Å². The lowest BCUT2D eigenvalue weighted by Crippen LogP contribution is -2.49. The molecule has 3 aliphatic rings. The monoisotopic (exact) mass is 376 g/mol. The number of hydrogen-bond donors (Lipinski definition) is 1. The summed E-state index contributed by atoms with van der Waals surface area (Å²) in [4.78, 5) is 31.9. The number of para-hydroxylation sites is 1. The van der Waals surface area contributed by atoms with Gasteiger partial charge in [0.2, 0.25) is 5.91 Å². The van der Waals surface area contributed by atoms with Gasteiger partial charge >= 0.3 is 6.03 Å². The summed E-state index contributed by atoms with van der Waals surface area (Å²) in [6.07, 6.45) is 4.15. The number of nitrogens with zero attached hydrogens (tertiary/aromatic N) is 3. The van der Waals surface area contributed by atoms with Crippen molar-refractivity contribution < 1.29 is 9.59 Å². The number of piperidine rings is 1. The number of thioether (sulfide) groups is 1. The fraction of sp³-hybridized carbons (Fsp3) is 0.579. The van der Waals surface area contributed by atoms with Gasteiger partial charge in [0.05, 0.1) is 12.2 Å². The summed E-state index contributed by atoms with van der Waals surface area (Å²) < 4.78 is 0. The van der Waals surface area contributed by atoms with Crippen molar-refractivity contribution in [1.29, 1.82) is 0 Å². The van der Waals surface area contributed by atoms with Crippen molar-refractivity contribution in [3.05, 3.63) is 24.3 Å². The van der Waals surface area contributed by atoms with Crippen LogP contribution in [0.3, 0.4) is 0 Å². The van der Waals surface area contributed by atoms with Crippen molar-refractivity contribution in [2.24, 2.45) is 5.92 Å². The van der Waals surface area contributed by atoms with E-state index in [1.165, 1.54) is 0 Å². The Balaban J connectivity index is 1.68. The third kappa shape index (κ3) is 4.32. The first kappa shape index (κ1) is 19.0. The molecule has 7 heteroatoms. The fourth-order valence-electron chi connectivity index (χ4n) is 3.82. The number of carbonyl (C=O) groups excluding carboxylic acids is 2. The maximum absolute atomic E-state index is 12.9. The fourth-order valence-corrected chi connectivity index (χ4v) is 4.38. The first-order chi connectivity index (χ1) is 12.5. The highest BCUT2D eigenvalue weighted by Gasteiger charge is 2.37. The van der Waals surface area contributed by atoms with Crippen LogP contribution in [0.15, 0.2) is 29.2 Å². The molecule has 0 aliphatic carbocycles. The standard InChI is InChI=1S/C19H28N4O2S/c1-21(2)18(24)13-22-10-14-8-9-15(12-22)23(11-14)19(25)20-16-6-4-5-7-17(16)26-3/h4-7,14-15H,8-13H2,1-3H3,(H,20,25)/t14-,15+/m0/s1. The Morgan fingerprint density at radius 3 is 2.69 bits per heavy atom. The number of nitrogens with one attached hydrogen (secondary N) is 1. The Kier molecular flexibility index (Phi) is 6.09. The second kappa shape index (κ2) is 8.31. The van der Waals surface area contributed by atoms with Crippen molar-refractivity contribution in [3.8, 4) is 0 Å². The SMILES string of the molecule is CSc1ccccc1NC(=O)N1C[C@H]2CC[C@@H]1CN(CC(=O)N(C)C)C2. The van der Waals surface area contributed by atoms with Crippen LogP contribution >= 0.6 is 11.8 Å². The van der Waals surface area contributed by atoms with Crippen LogP contribution in [0.4, 0.5) is 10.5 Å². The molecule has 0 unspecified atom stereocenters. The minimum atomic E-state index is -0.0259. The van der Waals surface area contributed by atoms with Crippen LogP contribution in [0, 0.1) is 5.92 Å². The molecule has 3 fully saturated rings.